The Kier molecular flexibility index (Phi) is 4.61. The summed E-state index contributed by atoms with van der Waals surface area (Å²) in [5.74, 6) is -0.315. The van der Waals surface area contributed by atoms with Crippen LogP contribution in [0, 0.1) is 10.1 Å². The van der Waals surface area contributed by atoms with E-state index >= 15 is 0 Å². The predicted octanol–water partition coefficient (Wildman–Crippen LogP) is 5.67. The Labute approximate surface area is 180 Å². The van der Waals surface area contributed by atoms with E-state index in [1.807, 2.05) is 54.6 Å². The maximum Gasteiger partial charge on any atom is 0.270 e. The lowest BCUT2D eigenvalue weighted by Crippen LogP contribution is -2.13. The lowest BCUT2D eigenvalue weighted by atomic mass is 10.0. The van der Waals surface area contributed by atoms with Crippen LogP contribution in [0.15, 0.2) is 78.9 Å². The number of hydrogen-bond acceptors (Lipinski definition) is 6. The first-order valence-corrected chi connectivity index (χ1v) is 10.2. The van der Waals surface area contributed by atoms with Crippen molar-refractivity contribution in [2.24, 2.45) is 0 Å². The highest BCUT2D eigenvalue weighted by atomic mass is 32.1. The standard InChI is InChI=1S/C23H14N4O3S/c28-22(26-23-25-19-11-10-15(27(29)30)12-21(19)31-23)17-13-20(14-6-2-1-3-7-14)24-18-9-5-4-8-16(17)18/h1-13H,(H,25,26,28). The van der Waals surface area contributed by atoms with Gasteiger partial charge in [0.05, 0.1) is 31.9 Å². The summed E-state index contributed by atoms with van der Waals surface area (Å²) in [7, 11) is 0. The number of nitro groups is 1. The van der Waals surface area contributed by atoms with Gasteiger partial charge in [0, 0.05) is 23.1 Å². The molecule has 0 radical (unpaired) electrons. The molecule has 0 aliphatic rings. The van der Waals surface area contributed by atoms with Crippen molar-refractivity contribution in [3.05, 3.63) is 94.5 Å². The van der Waals surface area contributed by atoms with E-state index in [2.05, 4.69) is 10.3 Å². The van der Waals surface area contributed by atoms with E-state index in [0.29, 0.717) is 32.1 Å². The van der Waals surface area contributed by atoms with Crippen LogP contribution in [0.1, 0.15) is 10.4 Å². The molecule has 150 valence electrons. The van der Waals surface area contributed by atoms with Gasteiger partial charge in [-0.15, -0.1) is 0 Å². The summed E-state index contributed by atoms with van der Waals surface area (Å²) in [6, 6.07) is 23.3. The molecule has 2 aromatic heterocycles. The van der Waals surface area contributed by atoms with Crippen LogP contribution >= 0.6 is 11.3 Å². The minimum atomic E-state index is -0.453. The van der Waals surface area contributed by atoms with E-state index in [9.17, 15) is 14.9 Å². The fourth-order valence-corrected chi connectivity index (χ4v) is 4.26. The molecule has 5 rings (SSSR count). The molecule has 0 aliphatic heterocycles. The van der Waals surface area contributed by atoms with Gasteiger partial charge in [0.15, 0.2) is 5.13 Å². The molecule has 0 atom stereocenters. The highest BCUT2D eigenvalue weighted by Gasteiger charge is 2.17. The van der Waals surface area contributed by atoms with Gasteiger partial charge in [-0.2, -0.15) is 0 Å². The van der Waals surface area contributed by atoms with Crippen LogP contribution in [0.3, 0.4) is 0 Å². The minimum absolute atomic E-state index is 0.0124. The van der Waals surface area contributed by atoms with E-state index in [4.69, 9.17) is 4.98 Å². The molecular weight excluding hydrogens is 412 g/mol. The number of nitro benzene ring substituents is 1. The van der Waals surface area contributed by atoms with Gasteiger partial charge in [-0.05, 0) is 18.2 Å². The van der Waals surface area contributed by atoms with Gasteiger partial charge in [-0.25, -0.2) is 9.97 Å². The number of pyridine rings is 1. The molecule has 0 unspecified atom stereocenters. The number of anilines is 1. The normalized spacial score (nSPS) is 11.0. The zero-order valence-electron chi connectivity index (χ0n) is 16.0. The molecule has 0 saturated heterocycles. The number of non-ortho nitro benzene ring substituents is 1. The van der Waals surface area contributed by atoms with Crippen LogP contribution in [0.25, 0.3) is 32.4 Å². The Balaban J connectivity index is 1.55. The van der Waals surface area contributed by atoms with Gasteiger partial charge in [0.25, 0.3) is 11.6 Å². The molecule has 0 bridgehead atoms. The Morgan fingerprint density at radius 1 is 0.903 bits per heavy atom. The summed E-state index contributed by atoms with van der Waals surface area (Å²) in [6.07, 6.45) is 0. The Morgan fingerprint density at radius 3 is 2.48 bits per heavy atom. The average Bonchev–Trinajstić information content (AvgIpc) is 3.20. The second-order valence-corrected chi connectivity index (χ2v) is 7.85. The zero-order valence-corrected chi connectivity index (χ0v) is 16.8. The lowest BCUT2D eigenvalue weighted by molar-refractivity contribution is -0.384. The van der Waals surface area contributed by atoms with Crippen LogP contribution in [-0.4, -0.2) is 20.8 Å². The zero-order chi connectivity index (χ0) is 21.4. The number of carbonyl (C=O) groups is 1. The summed E-state index contributed by atoms with van der Waals surface area (Å²) >= 11 is 1.19. The number of carbonyl (C=O) groups excluding carboxylic acids is 1. The van der Waals surface area contributed by atoms with Crippen molar-refractivity contribution in [2.75, 3.05) is 5.32 Å². The van der Waals surface area contributed by atoms with Crippen molar-refractivity contribution in [1.82, 2.24) is 9.97 Å². The molecule has 0 spiro atoms. The molecule has 0 aliphatic carbocycles. The van der Waals surface area contributed by atoms with E-state index in [-0.39, 0.29) is 11.6 Å². The average molecular weight is 426 g/mol. The molecule has 0 fully saturated rings. The van der Waals surface area contributed by atoms with Gasteiger partial charge in [-0.1, -0.05) is 59.9 Å². The van der Waals surface area contributed by atoms with Crippen molar-refractivity contribution in [3.63, 3.8) is 0 Å². The topological polar surface area (TPSA) is 98.0 Å². The van der Waals surface area contributed by atoms with Gasteiger partial charge in [0.2, 0.25) is 0 Å². The van der Waals surface area contributed by atoms with Crippen LogP contribution in [0.5, 0.6) is 0 Å². The largest absolute Gasteiger partial charge is 0.298 e. The first-order valence-electron chi connectivity index (χ1n) is 9.40. The first-order chi connectivity index (χ1) is 15.1. The monoisotopic (exact) mass is 426 g/mol. The number of rotatable bonds is 4. The fraction of sp³-hybridized carbons (Fsp3) is 0. The molecule has 5 aromatic rings. The molecule has 1 amide bonds. The number of aromatic nitrogens is 2. The third-order valence-corrected chi connectivity index (χ3v) is 5.77. The molecule has 1 N–H and O–H groups in total. The first kappa shape index (κ1) is 18.8. The summed E-state index contributed by atoms with van der Waals surface area (Å²) < 4.78 is 0.633. The van der Waals surface area contributed by atoms with Gasteiger partial charge < -0.3 is 0 Å². The Morgan fingerprint density at radius 2 is 1.68 bits per heavy atom. The summed E-state index contributed by atoms with van der Waals surface area (Å²) in [5, 5.41) is 14.9. The highest BCUT2D eigenvalue weighted by molar-refractivity contribution is 7.22. The van der Waals surface area contributed by atoms with E-state index in [1.165, 1.54) is 23.5 Å². The Hall–Kier alpha value is -4.17. The summed E-state index contributed by atoms with van der Waals surface area (Å²) in [4.78, 5) is 32.8. The molecule has 8 heteroatoms. The van der Waals surface area contributed by atoms with Crippen LogP contribution < -0.4 is 5.32 Å². The number of para-hydroxylation sites is 1. The van der Waals surface area contributed by atoms with E-state index in [0.717, 1.165) is 10.9 Å². The van der Waals surface area contributed by atoms with Crippen molar-refractivity contribution < 1.29 is 9.72 Å². The lowest BCUT2D eigenvalue weighted by Gasteiger charge is -2.09. The maximum absolute atomic E-state index is 13.2. The number of benzene rings is 3. The van der Waals surface area contributed by atoms with Crippen molar-refractivity contribution in [1.29, 1.82) is 0 Å². The Bertz CT molecular complexity index is 1460. The number of thiazole rings is 1. The highest BCUT2D eigenvalue weighted by Crippen LogP contribution is 2.30. The van der Waals surface area contributed by atoms with Crippen molar-refractivity contribution in [3.8, 4) is 11.3 Å². The van der Waals surface area contributed by atoms with Crippen LogP contribution in [0.4, 0.5) is 10.8 Å². The third kappa shape index (κ3) is 3.60. The van der Waals surface area contributed by atoms with Crippen molar-refractivity contribution in [2.45, 2.75) is 0 Å². The minimum Gasteiger partial charge on any atom is -0.298 e. The molecule has 0 saturated carbocycles. The number of hydrogen-bond donors (Lipinski definition) is 1. The second-order valence-electron chi connectivity index (χ2n) is 6.82. The smallest absolute Gasteiger partial charge is 0.270 e. The maximum atomic E-state index is 13.2. The number of nitrogens with zero attached hydrogens (tertiary/aromatic N) is 3. The fourth-order valence-electron chi connectivity index (χ4n) is 3.36. The SMILES string of the molecule is O=C(Nc1nc2ccc([N+](=O)[O-])cc2s1)c1cc(-c2ccccc2)nc2ccccc12. The molecule has 31 heavy (non-hydrogen) atoms. The van der Waals surface area contributed by atoms with Gasteiger partial charge >= 0.3 is 0 Å². The number of fused-ring (bicyclic) bond motifs is 2. The van der Waals surface area contributed by atoms with Gasteiger partial charge in [0.1, 0.15) is 0 Å². The van der Waals surface area contributed by atoms with Gasteiger partial charge in [-0.3, -0.25) is 20.2 Å². The number of nitrogens with one attached hydrogen (secondary N) is 1. The quantitative estimate of drug-likeness (QED) is 0.295. The summed E-state index contributed by atoms with van der Waals surface area (Å²) in [5.41, 5.74) is 3.39. The molecular formula is C23H14N4O3S. The van der Waals surface area contributed by atoms with Crippen LogP contribution in [-0.2, 0) is 0 Å². The van der Waals surface area contributed by atoms with E-state index < -0.39 is 4.92 Å². The second kappa shape index (κ2) is 7.58. The molecule has 7 nitrogen and oxygen atoms in total. The molecule has 3 aromatic carbocycles. The van der Waals surface area contributed by atoms with E-state index in [1.54, 1.807) is 12.1 Å². The third-order valence-electron chi connectivity index (χ3n) is 4.83. The summed E-state index contributed by atoms with van der Waals surface area (Å²) in [6.45, 7) is 0. The predicted molar refractivity (Wildman–Crippen MR) is 121 cm³/mol. The van der Waals surface area contributed by atoms with Crippen molar-refractivity contribution >= 4 is 49.2 Å². The van der Waals surface area contributed by atoms with Crippen LogP contribution in [0.2, 0.25) is 0 Å². The molecule has 2 heterocycles. The number of amides is 1.